The van der Waals surface area contributed by atoms with Crippen molar-refractivity contribution in [1.29, 1.82) is 0 Å². The van der Waals surface area contributed by atoms with E-state index in [4.69, 9.17) is 23.2 Å². The van der Waals surface area contributed by atoms with Crippen LogP contribution >= 0.6 is 34.7 Å². The lowest BCUT2D eigenvalue weighted by molar-refractivity contribution is 0.0953. The fraction of sp³-hybridized carbons (Fsp3) is 0.0909. The van der Waals surface area contributed by atoms with Gasteiger partial charge in [-0.15, -0.1) is 23.1 Å². The van der Waals surface area contributed by atoms with Crippen molar-refractivity contribution in [2.75, 3.05) is 5.73 Å². The van der Waals surface area contributed by atoms with Crippen LogP contribution in [0.1, 0.15) is 15.5 Å². The zero-order valence-corrected chi connectivity index (χ0v) is 12.1. The van der Waals surface area contributed by atoms with Crippen LogP contribution in [-0.4, -0.2) is 10.9 Å². The lowest BCUT2D eigenvalue weighted by Crippen LogP contribution is -2.29. The van der Waals surface area contributed by atoms with E-state index in [9.17, 15) is 4.79 Å². The molecule has 0 atom stereocenters. The SMILES string of the molecule is NNC(=O)c1nc(CSc2c(N)cccc2Cl)cs1. The van der Waals surface area contributed by atoms with Gasteiger partial charge in [0.2, 0.25) is 0 Å². The zero-order valence-electron chi connectivity index (χ0n) is 9.72. The predicted molar refractivity (Wildman–Crippen MR) is 79.2 cm³/mol. The first-order chi connectivity index (χ1) is 9.11. The Morgan fingerprint density at radius 1 is 1.53 bits per heavy atom. The molecule has 2 aromatic rings. The molecule has 0 bridgehead atoms. The molecular weight excluding hydrogens is 304 g/mol. The third-order valence-electron chi connectivity index (χ3n) is 2.24. The van der Waals surface area contributed by atoms with Crippen LogP contribution in [0.4, 0.5) is 5.69 Å². The number of nitrogens with one attached hydrogen (secondary N) is 1. The predicted octanol–water partition coefficient (Wildman–Crippen LogP) is 2.27. The average Bonchev–Trinajstić information content (AvgIpc) is 2.86. The van der Waals surface area contributed by atoms with Crippen LogP contribution in [0.3, 0.4) is 0 Å². The number of hydrogen-bond acceptors (Lipinski definition) is 6. The van der Waals surface area contributed by atoms with Gasteiger partial charge >= 0.3 is 0 Å². The van der Waals surface area contributed by atoms with Crippen LogP contribution in [0.5, 0.6) is 0 Å². The van der Waals surface area contributed by atoms with Gasteiger partial charge in [-0.2, -0.15) is 0 Å². The van der Waals surface area contributed by atoms with Crippen molar-refractivity contribution in [1.82, 2.24) is 10.4 Å². The van der Waals surface area contributed by atoms with Crippen LogP contribution in [-0.2, 0) is 5.75 Å². The second-order valence-electron chi connectivity index (χ2n) is 3.56. The first-order valence-electron chi connectivity index (χ1n) is 5.24. The third kappa shape index (κ3) is 3.38. The van der Waals surface area contributed by atoms with E-state index in [1.807, 2.05) is 10.8 Å². The number of thioether (sulfide) groups is 1. The average molecular weight is 315 g/mol. The fourth-order valence-corrected chi connectivity index (χ4v) is 3.41. The number of amides is 1. The van der Waals surface area contributed by atoms with Crippen molar-refractivity contribution in [2.45, 2.75) is 10.6 Å². The van der Waals surface area contributed by atoms with Gasteiger partial charge in [-0.05, 0) is 12.1 Å². The van der Waals surface area contributed by atoms with Gasteiger partial charge in [-0.3, -0.25) is 10.2 Å². The molecule has 0 saturated heterocycles. The highest BCUT2D eigenvalue weighted by Gasteiger charge is 2.11. The maximum absolute atomic E-state index is 11.3. The molecule has 1 aromatic carbocycles. The van der Waals surface area contributed by atoms with Crippen molar-refractivity contribution in [3.63, 3.8) is 0 Å². The number of hydrazine groups is 1. The van der Waals surface area contributed by atoms with Crippen LogP contribution in [0.15, 0.2) is 28.5 Å². The van der Waals surface area contributed by atoms with Crippen LogP contribution in [0.25, 0.3) is 0 Å². The Kier molecular flexibility index (Phi) is 4.65. The Bertz CT molecular complexity index is 582. The van der Waals surface area contributed by atoms with E-state index in [0.717, 1.165) is 10.6 Å². The molecule has 19 heavy (non-hydrogen) atoms. The summed E-state index contributed by atoms with van der Waals surface area (Å²) in [6, 6.07) is 5.38. The van der Waals surface area contributed by atoms with E-state index in [2.05, 4.69) is 4.98 Å². The highest BCUT2D eigenvalue weighted by atomic mass is 35.5. The van der Waals surface area contributed by atoms with E-state index in [1.54, 1.807) is 18.2 Å². The van der Waals surface area contributed by atoms with Gasteiger partial charge in [-0.1, -0.05) is 17.7 Å². The molecule has 2 rings (SSSR count). The summed E-state index contributed by atoms with van der Waals surface area (Å²) in [6.07, 6.45) is 0. The van der Waals surface area contributed by atoms with Gasteiger partial charge in [0.1, 0.15) is 0 Å². The van der Waals surface area contributed by atoms with E-state index in [-0.39, 0.29) is 0 Å². The van der Waals surface area contributed by atoms with E-state index < -0.39 is 5.91 Å². The number of aromatic nitrogens is 1. The van der Waals surface area contributed by atoms with Gasteiger partial charge in [-0.25, -0.2) is 10.8 Å². The van der Waals surface area contributed by atoms with Gasteiger partial charge in [0.15, 0.2) is 5.01 Å². The Morgan fingerprint density at radius 3 is 3.00 bits per heavy atom. The van der Waals surface area contributed by atoms with Crippen LogP contribution in [0, 0.1) is 0 Å². The van der Waals surface area contributed by atoms with Crippen molar-refractivity contribution in [2.24, 2.45) is 5.84 Å². The second-order valence-corrected chi connectivity index (χ2v) is 5.82. The largest absolute Gasteiger partial charge is 0.398 e. The summed E-state index contributed by atoms with van der Waals surface area (Å²) < 4.78 is 0. The maximum atomic E-state index is 11.3. The van der Waals surface area contributed by atoms with Gasteiger partial charge in [0.25, 0.3) is 5.91 Å². The molecule has 0 aliphatic heterocycles. The minimum Gasteiger partial charge on any atom is -0.398 e. The number of rotatable bonds is 4. The smallest absolute Gasteiger partial charge is 0.294 e. The number of carbonyl (C=O) groups excluding carboxylic acids is 1. The summed E-state index contributed by atoms with van der Waals surface area (Å²) >= 11 is 8.80. The highest BCUT2D eigenvalue weighted by Crippen LogP contribution is 2.34. The maximum Gasteiger partial charge on any atom is 0.294 e. The molecule has 0 fully saturated rings. The highest BCUT2D eigenvalue weighted by molar-refractivity contribution is 7.98. The minimum atomic E-state index is -0.390. The minimum absolute atomic E-state index is 0.338. The molecule has 1 heterocycles. The Morgan fingerprint density at radius 2 is 2.32 bits per heavy atom. The number of hydrogen-bond donors (Lipinski definition) is 3. The van der Waals surface area contributed by atoms with Crippen molar-refractivity contribution in [3.05, 3.63) is 39.3 Å². The molecule has 100 valence electrons. The molecule has 5 nitrogen and oxygen atoms in total. The molecule has 1 aromatic heterocycles. The summed E-state index contributed by atoms with van der Waals surface area (Å²) in [6.45, 7) is 0. The second kappa shape index (κ2) is 6.25. The molecule has 0 unspecified atom stereocenters. The lowest BCUT2D eigenvalue weighted by Gasteiger charge is -2.05. The zero-order chi connectivity index (χ0) is 13.8. The summed E-state index contributed by atoms with van der Waals surface area (Å²) in [7, 11) is 0. The molecule has 0 saturated carbocycles. The van der Waals surface area contributed by atoms with Crippen LogP contribution in [0.2, 0.25) is 5.02 Å². The van der Waals surface area contributed by atoms with Crippen molar-refractivity contribution < 1.29 is 4.79 Å². The van der Waals surface area contributed by atoms with E-state index in [0.29, 0.717) is 21.5 Å². The molecule has 5 N–H and O–H groups in total. The Labute approximate surface area is 123 Å². The topological polar surface area (TPSA) is 94.0 Å². The molecule has 0 spiro atoms. The molecule has 8 heteroatoms. The van der Waals surface area contributed by atoms with Gasteiger partial charge < -0.3 is 5.73 Å². The Balaban J connectivity index is 2.07. The molecule has 0 aliphatic carbocycles. The van der Waals surface area contributed by atoms with Crippen molar-refractivity contribution in [3.8, 4) is 0 Å². The third-order valence-corrected chi connectivity index (χ3v) is 4.74. The summed E-state index contributed by atoms with van der Waals surface area (Å²) in [5.74, 6) is 5.24. The number of benzene rings is 1. The van der Waals surface area contributed by atoms with E-state index >= 15 is 0 Å². The first-order valence-corrected chi connectivity index (χ1v) is 7.48. The normalized spacial score (nSPS) is 10.4. The standard InChI is InChI=1S/C11H11ClN4OS2/c12-7-2-1-3-8(13)9(7)18-4-6-5-19-11(15-6)10(17)16-14/h1-3,5H,4,13-14H2,(H,16,17). The number of nitrogen functional groups attached to an aromatic ring is 2. The number of carbonyl (C=O) groups is 1. The number of thiazole rings is 1. The van der Waals surface area contributed by atoms with Gasteiger partial charge in [0.05, 0.1) is 10.7 Å². The summed E-state index contributed by atoms with van der Waals surface area (Å²) in [5, 5.41) is 2.76. The monoisotopic (exact) mass is 314 g/mol. The van der Waals surface area contributed by atoms with E-state index in [1.165, 1.54) is 23.1 Å². The molecule has 1 amide bonds. The number of halogens is 1. The number of nitrogens with zero attached hydrogens (tertiary/aromatic N) is 1. The lowest BCUT2D eigenvalue weighted by atomic mass is 10.3. The Hall–Kier alpha value is -1.28. The first kappa shape index (κ1) is 14.1. The quantitative estimate of drug-likeness (QED) is 0.265. The molecular formula is C11H11ClN4OS2. The summed E-state index contributed by atoms with van der Waals surface area (Å²) in [4.78, 5) is 16.3. The van der Waals surface area contributed by atoms with Crippen LogP contribution < -0.4 is 17.0 Å². The fourth-order valence-electron chi connectivity index (χ4n) is 1.36. The summed E-state index contributed by atoms with van der Waals surface area (Å²) in [5.41, 5.74) is 9.32. The molecule has 0 radical (unpaired) electrons. The number of nitrogens with two attached hydrogens (primary N) is 2. The molecule has 0 aliphatic rings. The van der Waals surface area contributed by atoms with Crippen molar-refractivity contribution >= 4 is 46.3 Å². The number of anilines is 1. The van der Waals surface area contributed by atoms with Gasteiger partial charge in [0, 0.05) is 21.7 Å².